The number of carbonyl (C=O) groups is 3. The number of carbonyl (C=O) groups excluding carboxylic acids is 2. The lowest BCUT2D eigenvalue weighted by molar-refractivity contribution is -0.887. The molecule has 0 amide bonds. The molecule has 2 atom stereocenters. The predicted octanol–water partition coefficient (Wildman–Crippen LogP) is 10.7. The van der Waals surface area contributed by atoms with Crippen LogP contribution in [0.4, 0.5) is 0 Å². The second-order valence-corrected chi connectivity index (χ2v) is 14.9. The summed E-state index contributed by atoms with van der Waals surface area (Å²) in [5.74, 6) is -1.50. The van der Waals surface area contributed by atoms with E-state index in [1.54, 1.807) is 0 Å². The third-order valence-corrected chi connectivity index (χ3v) is 9.01. The molecular formula is C43H78NO7+. The molecule has 0 rings (SSSR count). The van der Waals surface area contributed by atoms with Crippen LogP contribution < -0.4 is 0 Å². The molecule has 0 radical (unpaired) electrons. The highest BCUT2D eigenvalue weighted by molar-refractivity contribution is 5.72. The number of allylic oxidation sites excluding steroid dienone is 6. The van der Waals surface area contributed by atoms with E-state index >= 15 is 0 Å². The average molecular weight is 721 g/mol. The van der Waals surface area contributed by atoms with Gasteiger partial charge in [-0.25, -0.2) is 4.79 Å². The van der Waals surface area contributed by atoms with Gasteiger partial charge in [-0.05, 0) is 64.2 Å². The number of ether oxygens (including phenoxy) is 3. The topological polar surface area (TPSA) is 99.1 Å². The first-order valence-electron chi connectivity index (χ1n) is 20.5. The third kappa shape index (κ3) is 33.2. The van der Waals surface area contributed by atoms with Gasteiger partial charge in [0.2, 0.25) is 0 Å². The molecule has 0 saturated carbocycles. The molecule has 296 valence electrons. The molecule has 1 N–H and O–H groups in total. The molecule has 2 unspecified atom stereocenters. The third-order valence-electron chi connectivity index (χ3n) is 9.01. The first-order chi connectivity index (χ1) is 24.6. The van der Waals surface area contributed by atoms with Crippen LogP contribution in [0.15, 0.2) is 36.5 Å². The predicted molar refractivity (Wildman–Crippen MR) is 211 cm³/mol. The van der Waals surface area contributed by atoms with Crippen molar-refractivity contribution in [1.29, 1.82) is 0 Å². The van der Waals surface area contributed by atoms with E-state index < -0.39 is 18.1 Å². The Morgan fingerprint density at radius 3 is 1.59 bits per heavy atom. The summed E-state index contributed by atoms with van der Waals surface area (Å²) in [5, 5.41) is 9.59. The number of carboxylic acid groups (broad SMARTS) is 1. The van der Waals surface area contributed by atoms with Crippen molar-refractivity contribution in [2.24, 2.45) is 0 Å². The summed E-state index contributed by atoms with van der Waals surface area (Å²) in [6, 6.07) is -0.617. The van der Waals surface area contributed by atoms with Crippen LogP contribution in [0.25, 0.3) is 0 Å². The summed E-state index contributed by atoms with van der Waals surface area (Å²) in [7, 11) is 5.51. The molecule has 8 nitrogen and oxygen atoms in total. The molecular weight excluding hydrogens is 642 g/mol. The molecule has 0 aliphatic rings. The number of aliphatic carboxylic acids is 1. The molecule has 0 heterocycles. The Bertz CT molecular complexity index is 937. The van der Waals surface area contributed by atoms with Crippen LogP contribution in [0.3, 0.4) is 0 Å². The standard InChI is InChI=1S/C43H77NO7/c1-6-8-10-12-14-16-18-19-20-21-22-24-26-28-30-32-34-42(46)51-39(37-49-36-35-40(43(47)48)44(3,4)5)38-50-41(45)33-31-29-27-25-23-17-15-13-11-9-7-2/h13,15-16,18,20-21,39-40H,6-12,14,17,19,22-38H2,1-5H3/p+1/b15-13-,18-16-,21-20-. The fourth-order valence-corrected chi connectivity index (χ4v) is 5.75. The van der Waals surface area contributed by atoms with Crippen molar-refractivity contribution in [3.05, 3.63) is 36.5 Å². The second-order valence-electron chi connectivity index (χ2n) is 14.9. The number of nitrogens with zero attached hydrogens (tertiary/aromatic N) is 1. The van der Waals surface area contributed by atoms with Gasteiger partial charge in [0.1, 0.15) is 6.61 Å². The summed E-state index contributed by atoms with van der Waals surface area (Å²) in [6.07, 6.45) is 37.5. The normalized spacial score (nSPS) is 13.4. The van der Waals surface area contributed by atoms with Gasteiger partial charge in [0, 0.05) is 19.3 Å². The maximum Gasteiger partial charge on any atom is 0.362 e. The molecule has 51 heavy (non-hydrogen) atoms. The minimum atomic E-state index is -0.880. The van der Waals surface area contributed by atoms with Crippen molar-refractivity contribution in [2.45, 2.75) is 180 Å². The van der Waals surface area contributed by atoms with E-state index in [1.165, 1.54) is 57.8 Å². The summed E-state index contributed by atoms with van der Waals surface area (Å²) in [6.45, 7) is 4.65. The Morgan fingerprint density at radius 1 is 0.588 bits per heavy atom. The van der Waals surface area contributed by atoms with Gasteiger partial charge in [0.15, 0.2) is 12.1 Å². The van der Waals surface area contributed by atoms with Crippen molar-refractivity contribution >= 4 is 17.9 Å². The van der Waals surface area contributed by atoms with Gasteiger partial charge in [-0.2, -0.15) is 0 Å². The highest BCUT2D eigenvalue weighted by Crippen LogP contribution is 2.13. The highest BCUT2D eigenvalue weighted by atomic mass is 16.6. The molecule has 0 spiro atoms. The summed E-state index contributed by atoms with van der Waals surface area (Å²) in [5.41, 5.74) is 0. The number of carboxylic acids is 1. The molecule has 0 aliphatic heterocycles. The van der Waals surface area contributed by atoms with Crippen LogP contribution in [0.1, 0.15) is 168 Å². The van der Waals surface area contributed by atoms with E-state index in [0.717, 1.165) is 77.0 Å². The first kappa shape index (κ1) is 48.5. The number of hydrogen-bond acceptors (Lipinski definition) is 6. The smallest absolute Gasteiger partial charge is 0.362 e. The van der Waals surface area contributed by atoms with Crippen molar-refractivity contribution < 1.29 is 38.2 Å². The Morgan fingerprint density at radius 2 is 1.06 bits per heavy atom. The van der Waals surface area contributed by atoms with Crippen LogP contribution in [0.5, 0.6) is 0 Å². The number of hydrogen-bond donors (Lipinski definition) is 1. The van der Waals surface area contributed by atoms with E-state index in [-0.39, 0.29) is 36.2 Å². The van der Waals surface area contributed by atoms with E-state index in [4.69, 9.17) is 14.2 Å². The maximum absolute atomic E-state index is 12.7. The molecule has 0 aliphatic carbocycles. The SMILES string of the molecule is CCCC/C=C\CCCCCCCC(=O)OCC(COCCC(C(=O)O)[N+](C)(C)C)OC(=O)CCCCCCC/C=C\C/C=C\CCCCCC. The molecule has 0 aromatic rings. The van der Waals surface area contributed by atoms with Crippen LogP contribution in [-0.4, -0.2) is 80.6 Å². The lowest BCUT2D eigenvalue weighted by Gasteiger charge is -2.31. The first-order valence-corrected chi connectivity index (χ1v) is 20.5. The average Bonchev–Trinajstić information content (AvgIpc) is 3.08. The Labute approximate surface area is 313 Å². The molecule has 0 aromatic heterocycles. The molecule has 0 bridgehead atoms. The van der Waals surface area contributed by atoms with Crippen molar-refractivity contribution in [3.63, 3.8) is 0 Å². The lowest BCUT2D eigenvalue weighted by Crippen LogP contribution is -2.50. The number of unbranched alkanes of at least 4 members (excludes halogenated alkanes) is 16. The van der Waals surface area contributed by atoms with E-state index in [1.807, 2.05) is 21.1 Å². The molecule has 0 aromatic carbocycles. The van der Waals surface area contributed by atoms with Gasteiger partial charge in [-0.15, -0.1) is 0 Å². The largest absolute Gasteiger partial charge is 0.477 e. The zero-order valence-corrected chi connectivity index (χ0v) is 33.6. The number of esters is 2. The van der Waals surface area contributed by atoms with E-state index in [9.17, 15) is 19.5 Å². The zero-order valence-electron chi connectivity index (χ0n) is 33.6. The van der Waals surface area contributed by atoms with Gasteiger partial charge in [0.25, 0.3) is 0 Å². The monoisotopic (exact) mass is 721 g/mol. The van der Waals surface area contributed by atoms with Crippen molar-refractivity contribution in [1.82, 2.24) is 0 Å². The van der Waals surface area contributed by atoms with Gasteiger partial charge < -0.3 is 23.8 Å². The maximum atomic E-state index is 12.7. The van der Waals surface area contributed by atoms with E-state index in [0.29, 0.717) is 19.3 Å². The van der Waals surface area contributed by atoms with Gasteiger partial charge in [0.05, 0.1) is 34.4 Å². The summed E-state index contributed by atoms with van der Waals surface area (Å²) in [4.78, 5) is 36.8. The molecule has 0 fully saturated rings. The van der Waals surface area contributed by atoms with Crippen LogP contribution in [0.2, 0.25) is 0 Å². The number of quaternary nitrogens is 1. The summed E-state index contributed by atoms with van der Waals surface area (Å²) < 4.78 is 17.2. The second kappa shape index (κ2) is 34.6. The Balaban J connectivity index is 4.42. The number of likely N-dealkylation sites (N-methyl/N-ethyl adjacent to an activating group) is 1. The molecule has 0 saturated heterocycles. The van der Waals surface area contributed by atoms with Crippen LogP contribution >= 0.6 is 0 Å². The molecule has 8 heteroatoms. The zero-order chi connectivity index (χ0) is 37.8. The Kier molecular flexibility index (Phi) is 33.0. The minimum Gasteiger partial charge on any atom is -0.477 e. The lowest BCUT2D eigenvalue weighted by atomic mass is 10.1. The van der Waals surface area contributed by atoms with E-state index in [2.05, 4.69) is 50.3 Å². The van der Waals surface area contributed by atoms with Crippen LogP contribution in [-0.2, 0) is 28.6 Å². The van der Waals surface area contributed by atoms with Gasteiger partial charge in [-0.1, -0.05) is 121 Å². The van der Waals surface area contributed by atoms with Crippen LogP contribution in [0, 0.1) is 0 Å². The van der Waals surface area contributed by atoms with Crippen molar-refractivity contribution in [3.8, 4) is 0 Å². The van der Waals surface area contributed by atoms with Gasteiger partial charge >= 0.3 is 17.9 Å². The fraction of sp³-hybridized carbons (Fsp3) is 0.791. The van der Waals surface area contributed by atoms with Gasteiger partial charge in [-0.3, -0.25) is 9.59 Å². The highest BCUT2D eigenvalue weighted by Gasteiger charge is 2.31. The summed E-state index contributed by atoms with van der Waals surface area (Å²) >= 11 is 0. The van der Waals surface area contributed by atoms with Crippen molar-refractivity contribution in [2.75, 3.05) is 41.0 Å². The number of rotatable bonds is 36. The Hall–Kier alpha value is -2.45. The fourth-order valence-electron chi connectivity index (χ4n) is 5.75. The quantitative estimate of drug-likeness (QED) is 0.0298. The minimum absolute atomic E-state index is 0.0532.